The Bertz CT molecular complexity index is 760. The molecule has 0 spiro atoms. The molecule has 1 fully saturated rings. The number of hydrogen-bond donors (Lipinski definition) is 1. The molecule has 0 unspecified atom stereocenters. The standard InChI is InChI=1S/C41H79N3O3/c1-6-9-12-15-18-21-24-27-31-38(32-28-25-22-19-16-13-10-7-2)39(45)44(35-30-34-43(4)5)41(36-47-37-41)40(46)42-33-29-26-23-20-17-14-11-8-3/h20,23,38H,6-19,21-22,24-37H2,1-5H3,(H,42,46)/b23-20-. The Labute approximate surface area is 292 Å². The predicted octanol–water partition coefficient (Wildman–Crippen LogP) is 10.2. The highest BCUT2D eigenvalue weighted by atomic mass is 16.5. The first-order valence-corrected chi connectivity index (χ1v) is 20.4. The first-order chi connectivity index (χ1) is 22.9. The molecule has 0 radical (unpaired) electrons. The molecule has 0 aliphatic carbocycles. The molecule has 1 rings (SSSR count). The van der Waals surface area contributed by atoms with Gasteiger partial charge >= 0.3 is 0 Å². The van der Waals surface area contributed by atoms with Gasteiger partial charge in [0.25, 0.3) is 5.91 Å². The molecule has 6 heteroatoms. The highest BCUT2D eigenvalue weighted by molar-refractivity contribution is 5.93. The summed E-state index contributed by atoms with van der Waals surface area (Å²) >= 11 is 0. The Morgan fingerprint density at radius 3 is 1.57 bits per heavy atom. The number of rotatable bonds is 33. The second kappa shape index (κ2) is 29.5. The summed E-state index contributed by atoms with van der Waals surface area (Å²) in [6, 6.07) is 0. The van der Waals surface area contributed by atoms with Crippen LogP contribution in [-0.4, -0.2) is 74.1 Å². The van der Waals surface area contributed by atoms with Crippen molar-refractivity contribution in [2.75, 3.05) is 46.9 Å². The zero-order chi connectivity index (χ0) is 34.4. The summed E-state index contributed by atoms with van der Waals surface area (Å²) in [6.07, 6.45) is 34.5. The number of amides is 2. The van der Waals surface area contributed by atoms with Crippen LogP contribution >= 0.6 is 0 Å². The fourth-order valence-electron chi connectivity index (χ4n) is 6.78. The van der Waals surface area contributed by atoms with Crippen molar-refractivity contribution in [3.63, 3.8) is 0 Å². The van der Waals surface area contributed by atoms with E-state index in [1.54, 1.807) is 0 Å². The van der Waals surface area contributed by atoms with Gasteiger partial charge in [-0.25, -0.2) is 0 Å². The van der Waals surface area contributed by atoms with E-state index in [1.165, 1.54) is 109 Å². The van der Waals surface area contributed by atoms with E-state index in [9.17, 15) is 9.59 Å². The zero-order valence-corrected chi connectivity index (χ0v) is 32.1. The minimum atomic E-state index is -0.865. The van der Waals surface area contributed by atoms with Gasteiger partial charge in [-0.1, -0.05) is 148 Å². The van der Waals surface area contributed by atoms with Crippen molar-refractivity contribution < 1.29 is 14.3 Å². The fraction of sp³-hybridized carbons (Fsp3) is 0.902. The largest absolute Gasteiger partial charge is 0.375 e. The molecule has 0 saturated carbocycles. The van der Waals surface area contributed by atoms with Crippen LogP contribution in [0.2, 0.25) is 0 Å². The molecule has 1 aliphatic rings. The van der Waals surface area contributed by atoms with Crippen LogP contribution in [0.25, 0.3) is 0 Å². The van der Waals surface area contributed by atoms with Crippen LogP contribution in [0, 0.1) is 5.92 Å². The normalized spacial score (nSPS) is 14.3. The SMILES string of the molecule is CCCCC/C=C\CCCNC(=O)C1(N(CCCN(C)C)C(=O)C(CCCCCCCCCC)CCCCCCCCCC)COC1. The third-order valence-corrected chi connectivity index (χ3v) is 10.0. The van der Waals surface area contributed by atoms with E-state index in [4.69, 9.17) is 4.74 Å². The number of hydrogen-bond acceptors (Lipinski definition) is 4. The maximum atomic E-state index is 14.5. The molecule has 1 heterocycles. The molecule has 1 saturated heterocycles. The summed E-state index contributed by atoms with van der Waals surface area (Å²) in [6.45, 7) is 9.54. The van der Waals surface area contributed by atoms with Crippen LogP contribution in [0.3, 0.4) is 0 Å². The maximum absolute atomic E-state index is 14.5. The summed E-state index contributed by atoms with van der Waals surface area (Å²) in [5.41, 5.74) is -0.865. The molecule has 0 bridgehead atoms. The maximum Gasteiger partial charge on any atom is 0.250 e. The average Bonchev–Trinajstić information content (AvgIpc) is 3.03. The monoisotopic (exact) mass is 662 g/mol. The van der Waals surface area contributed by atoms with Crippen LogP contribution in [0.5, 0.6) is 0 Å². The number of nitrogens with zero attached hydrogens (tertiary/aromatic N) is 2. The summed E-state index contributed by atoms with van der Waals surface area (Å²) in [7, 11) is 4.15. The number of nitrogens with one attached hydrogen (secondary N) is 1. The number of unbranched alkanes of at least 4 members (excludes halogenated alkanes) is 18. The Kier molecular flexibility index (Phi) is 27.4. The first-order valence-electron chi connectivity index (χ1n) is 20.4. The second-order valence-electron chi connectivity index (χ2n) is 14.8. The van der Waals surface area contributed by atoms with Crippen molar-refractivity contribution in [3.8, 4) is 0 Å². The lowest BCUT2D eigenvalue weighted by Crippen LogP contribution is -2.72. The van der Waals surface area contributed by atoms with E-state index in [1.807, 2.05) is 4.90 Å². The van der Waals surface area contributed by atoms with Crippen LogP contribution in [0.1, 0.15) is 181 Å². The minimum absolute atomic E-state index is 0.00217. The van der Waals surface area contributed by atoms with E-state index < -0.39 is 5.54 Å². The molecule has 0 aromatic heterocycles. The van der Waals surface area contributed by atoms with Gasteiger partial charge < -0.3 is 19.9 Å². The lowest BCUT2D eigenvalue weighted by Gasteiger charge is -2.49. The van der Waals surface area contributed by atoms with Crippen molar-refractivity contribution in [3.05, 3.63) is 12.2 Å². The van der Waals surface area contributed by atoms with E-state index in [0.29, 0.717) is 26.3 Å². The molecule has 0 atom stereocenters. The predicted molar refractivity (Wildman–Crippen MR) is 202 cm³/mol. The topological polar surface area (TPSA) is 61.9 Å². The quantitative estimate of drug-likeness (QED) is 0.0562. The molecule has 0 aromatic carbocycles. The number of allylic oxidation sites excluding steroid dienone is 2. The van der Waals surface area contributed by atoms with Gasteiger partial charge in [0.15, 0.2) is 5.54 Å². The molecule has 276 valence electrons. The zero-order valence-electron chi connectivity index (χ0n) is 32.1. The molecule has 1 N–H and O–H groups in total. The third kappa shape index (κ3) is 20.0. The van der Waals surface area contributed by atoms with E-state index in [0.717, 1.165) is 57.9 Å². The molecule has 47 heavy (non-hydrogen) atoms. The van der Waals surface area contributed by atoms with Gasteiger partial charge in [0, 0.05) is 19.0 Å². The van der Waals surface area contributed by atoms with Gasteiger partial charge in [0.05, 0.1) is 13.2 Å². The van der Waals surface area contributed by atoms with Crippen LogP contribution in [0.15, 0.2) is 12.2 Å². The van der Waals surface area contributed by atoms with Crippen molar-refractivity contribution in [2.45, 2.75) is 187 Å². The number of carbonyl (C=O) groups excluding carboxylic acids is 2. The molecule has 1 aliphatic heterocycles. The Balaban J connectivity index is 2.87. The summed E-state index contributed by atoms with van der Waals surface area (Å²) in [5, 5.41) is 3.21. The average molecular weight is 662 g/mol. The second-order valence-corrected chi connectivity index (χ2v) is 14.8. The summed E-state index contributed by atoms with van der Waals surface area (Å²) in [5.74, 6) is 0.174. The highest BCUT2D eigenvalue weighted by Crippen LogP contribution is 2.31. The van der Waals surface area contributed by atoms with Gasteiger partial charge in [-0.15, -0.1) is 0 Å². The highest BCUT2D eigenvalue weighted by Gasteiger charge is 2.53. The molecule has 0 aromatic rings. The van der Waals surface area contributed by atoms with Gasteiger partial charge in [-0.2, -0.15) is 0 Å². The van der Waals surface area contributed by atoms with Gasteiger partial charge in [-0.05, 0) is 65.6 Å². The lowest BCUT2D eigenvalue weighted by atomic mass is 9.87. The molecule has 2 amide bonds. The van der Waals surface area contributed by atoms with Gasteiger partial charge in [0.2, 0.25) is 5.91 Å². The van der Waals surface area contributed by atoms with Crippen LogP contribution in [-0.2, 0) is 14.3 Å². The third-order valence-electron chi connectivity index (χ3n) is 10.0. The first kappa shape index (κ1) is 43.6. The van der Waals surface area contributed by atoms with Crippen molar-refractivity contribution in [1.29, 1.82) is 0 Å². The smallest absolute Gasteiger partial charge is 0.250 e. The lowest BCUT2D eigenvalue weighted by molar-refractivity contribution is -0.182. The van der Waals surface area contributed by atoms with E-state index >= 15 is 0 Å². The molecular weight excluding hydrogens is 582 g/mol. The van der Waals surface area contributed by atoms with Gasteiger partial charge in [0.1, 0.15) is 0 Å². The Morgan fingerprint density at radius 2 is 1.11 bits per heavy atom. The summed E-state index contributed by atoms with van der Waals surface area (Å²) < 4.78 is 5.72. The summed E-state index contributed by atoms with van der Waals surface area (Å²) in [4.78, 5) is 32.5. The van der Waals surface area contributed by atoms with Crippen LogP contribution in [0.4, 0.5) is 0 Å². The fourth-order valence-corrected chi connectivity index (χ4v) is 6.78. The van der Waals surface area contributed by atoms with Crippen molar-refractivity contribution in [1.82, 2.24) is 15.1 Å². The molecular formula is C41H79N3O3. The molecule has 6 nitrogen and oxygen atoms in total. The Hall–Kier alpha value is -1.40. The van der Waals surface area contributed by atoms with Crippen molar-refractivity contribution >= 4 is 11.8 Å². The Morgan fingerprint density at radius 1 is 0.638 bits per heavy atom. The number of ether oxygens (including phenoxy) is 1. The number of carbonyl (C=O) groups is 2. The van der Waals surface area contributed by atoms with Crippen LogP contribution < -0.4 is 5.32 Å². The minimum Gasteiger partial charge on any atom is -0.375 e. The van der Waals surface area contributed by atoms with E-state index in [-0.39, 0.29) is 17.7 Å². The van der Waals surface area contributed by atoms with Crippen molar-refractivity contribution in [2.24, 2.45) is 5.92 Å². The van der Waals surface area contributed by atoms with E-state index in [2.05, 4.69) is 57.2 Å². The van der Waals surface area contributed by atoms with Gasteiger partial charge in [-0.3, -0.25) is 9.59 Å².